The van der Waals surface area contributed by atoms with Crippen molar-refractivity contribution in [3.8, 4) is 0 Å². The quantitative estimate of drug-likeness (QED) is 0.750. The maximum atomic E-state index is 12.2. The molecular weight excluding hydrogens is 212 g/mol. The number of aryl methyl sites for hydroxylation is 2. The third-order valence-electron chi connectivity index (χ3n) is 3.78. The molecule has 1 fully saturated rings. The summed E-state index contributed by atoms with van der Waals surface area (Å²) < 4.78 is 1.74. The van der Waals surface area contributed by atoms with E-state index in [1.807, 2.05) is 13.1 Å². The molecule has 1 saturated carbocycles. The van der Waals surface area contributed by atoms with Crippen molar-refractivity contribution < 1.29 is 4.79 Å². The van der Waals surface area contributed by atoms with E-state index in [-0.39, 0.29) is 5.78 Å². The normalized spacial score (nSPS) is 17.3. The van der Waals surface area contributed by atoms with Gasteiger partial charge in [-0.3, -0.25) is 9.48 Å². The summed E-state index contributed by atoms with van der Waals surface area (Å²) in [6.45, 7) is 2.07. The molecule has 2 rings (SSSR count). The second-order valence-corrected chi connectivity index (χ2v) is 5.13. The average Bonchev–Trinajstić information content (AvgIpc) is 2.72. The van der Waals surface area contributed by atoms with E-state index in [1.54, 1.807) is 4.68 Å². The molecule has 0 unspecified atom stereocenters. The fourth-order valence-electron chi connectivity index (χ4n) is 2.72. The van der Waals surface area contributed by atoms with Crippen LogP contribution in [0.15, 0.2) is 6.07 Å². The first-order valence-electron chi connectivity index (χ1n) is 6.76. The lowest BCUT2D eigenvalue weighted by molar-refractivity contribution is 0.0941. The molecule has 1 aliphatic rings. The number of carbonyl (C=O) groups is 1. The van der Waals surface area contributed by atoms with Gasteiger partial charge in [-0.25, -0.2) is 0 Å². The molecule has 1 aromatic rings. The van der Waals surface area contributed by atoms with Crippen LogP contribution < -0.4 is 0 Å². The fourth-order valence-corrected chi connectivity index (χ4v) is 2.72. The van der Waals surface area contributed by atoms with Crippen LogP contribution in [0.3, 0.4) is 0 Å². The van der Waals surface area contributed by atoms with E-state index in [4.69, 9.17) is 0 Å². The highest BCUT2D eigenvalue weighted by atomic mass is 16.1. The number of Topliss-reactive ketones (excluding diaryl/α,β-unsaturated/α-hetero) is 1. The molecule has 0 amide bonds. The van der Waals surface area contributed by atoms with Gasteiger partial charge in [-0.2, -0.15) is 5.10 Å². The number of hydrogen-bond donors (Lipinski definition) is 0. The number of aromatic nitrogens is 2. The van der Waals surface area contributed by atoms with Crippen LogP contribution in [-0.2, 0) is 13.5 Å². The van der Waals surface area contributed by atoms with Gasteiger partial charge in [-0.15, -0.1) is 0 Å². The Morgan fingerprint density at radius 2 is 2.12 bits per heavy atom. The summed E-state index contributed by atoms with van der Waals surface area (Å²) in [5.74, 6) is 0.878. The van der Waals surface area contributed by atoms with Gasteiger partial charge in [0.2, 0.25) is 0 Å². The van der Waals surface area contributed by atoms with E-state index in [2.05, 4.69) is 12.0 Å². The van der Waals surface area contributed by atoms with Gasteiger partial charge in [-0.1, -0.05) is 39.0 Å². The Kier molecular flexibility index (Phi) is 3.97. The van der Waals surface area contributed by atoms with Gasteiger partial charge in [0, 0.05) is 13.5 Å². The predicted molar refractivity (Wildman–Crippen MR) is 68.1 cm³/mol. The third kappa shape index (κ3) is 2.96. The number of ketones is 1. The van der Waals surface area contributed by atoms with Crippen molar-refractivity contribution in [2.75, 3.05) is 0 Å². The van der Waals surface area contributed by atoms with Gasteiger partial charge in [0.05, 0.1) is 5.69 Å². The highest BCUT2D eigenvalue weighted by Gasteiger charge is 2.20. The highest BCUT2D eigenvalue weighted by molar-refractivity contribution is 5.94. The fraction of sp³-hybridized carbons (Fsp3) is 0.714. The minimum atomic E-state index is 0.270. The van der Waals surface area contributed by atoms with E-state index in [1.165, 1.54) is 32.1 Å². The van der Waals surface area contributed by atoms with Crippen LogP contribution in [0, 0.1) is 5.92 Å². The Morgan fingerprint density at radius 1 is 1.41 bits per heavy atom. The maximum Gasteiger partial charge on any atom is 0.181 e. The number of rotatable bonds is 4. The molecule has 1 aliphatic carbocycles. The minimum absolute atomic E-state index is 0.270. The first-order valence-corrected chi connectivity index (χ1v) is 6.76. The Labute approximate surface area is 103 Å². The largest absolute Gasteiger partial charge is 0.292 e. The lowest BCUT2D eigenvalue weighted by Crippen LogP contribution is -2.14. The summed E-state index contributed by atoms with van der Waals surface area (Å²) >= 11 is 0. The van der Waals surface area contributed by atoms with Gasteiger partial charge in [0.25, 0.3) is 0 Å². The van der Waals surface area contributed by atoms with Crippen molar-refractivity contribution in [3.63, 3.8) is 0 Å². The zero-order valence-electron chi connectivity index (χ0n) is 10.9. The van der Waals surface area contributed by atoms with Crippen molar-refractivity contribution in [3.05, 3.63) is 17.5 Å². The molecule has 94 valence electrons. The van der Waals surface area contributed by atoms with E-state index in [0.29, 0.717) is 12.3 Å². The van der Waals surface area contributed by atoms with Crippen LogP contribution in [0.5, 0.6) is 0 Å². The molecule has 1 heterocycles. The molecule has 0 spiro atoms. The summed E-state index contributed by atoms with van der Waals surface area (Å²) in [6, 6.07) is 1.95. The van der Waals surface area contributed by atoms with Crippen molar-refractivity contribution >= 4 is 5.78 Å². The first kappa shape index (κ1) is 12.3. The van der Waals surface area contributed by atoms with Gasteiger partial charge >= 0.3 is 0 Å². The highest BCUT2D eigenvalue weighted by Crippen LogP contribution is 2.27. The van der Waals surface area contributed by atoms with Gasteiger partial charge in [0.15, 0.2) is 5.78 Å². The van der Waals surface area contributed by atoms with Crippen molar-refractivity contribution in [2.45, 2.75) is 51.9 Å². The van der Waals surface area contributed by atoms with Gasteiger partial charge in [-0.05, 0) is 18.4 Å². The molecule has 0 N–H and O–H groups in total. The number of nitrogens with zero attached hydrogens (tertiary/aromatic N) is 2. The van der Waals surface area contributed by atoms with Crippen molar-refractivity contribution in [1.82, 2.24) is 9.78 Å². The lowest BCUT2D eigenvalue weighted by atomic mass is 9.85. The van der Waals surface area contributed by atoms with E-state index < -0.39 is 0 Å². The van der Waals surface area contributed by atoms with Crippen LogP contribution in [-0.4, -0.2) is 15.6 Å². The third-order valence-corrected chi connectivity index (χ3v) is 3.78. The Balaban J connectivity index is 2.00. The van der Waals surface area contributed by atoms with E-state index >= 15 is 0 Å². The molecule has 0 aliphatic heterocycles. The second kappa shape index (κ2) is 5.48. The van der Waals surface area contributed by atoms with E-state index in [9.17, 15) is 4.79 Å². The average molecular weight is 234 g/mol. The second-order valence-electron chi connectivity index (χ2n) is 5.13. The van der Waals surface area contributed by atoms with Crippen LogP contribution >= 0.6 is 0 Å². The first-order chi connectivity index (χ1) is 8.20. The smallest absolute Gasteiger partial charge is 0.181 e. The molecule has 3 nitrogen and oxygen atoms in total. The zero-order chi connectivity index (χ0) is 12.3. The maximum absolute atomic E-state index is 12.2. The van der Waals surface area contributed by atoms with Crippen LogP contribution in [0.1, 0.15) is 61.6 Å². The number of carbonyl (C=O) groups excluding carboxylic acids is 1. The van der Waals surface area contributed by atoms with Gasteiger partial charge in [0.1, 0.15) is 5.69 Å². The molecule has 0 bridgehead atoms. The topological polar surface area (TPSA) is 34.9 Å². The zero-order valence-corrected chi connectivity index (χ0v) is 10.9. The summed E-state index contributed by atoms with van der Waals surface area (Å²) in [4.78, 5) is 12.2. The summed E-state index contributed by atoms with van der Waals surface area (Å²) in [5.41, 5.74) is 1.80. The van der Waals surface area contributed by atoms with Gasteiger partial charge < -0.3 is 0 Å². The standard InChI is InChI=1S/C14H22N2O/c1-3-12-10-13(16(2)15-12)14(17)9-11-7-5-4-6-8-11/h10-11H,3-9H2,1-2H3. The SMILES string of the molecule is CCc1cc(C(=O)CC2CCCCC2)n(C)n1. The molecule has 0 aromatic carbocycles. The molecule has 1 aromatic heterocycles. The molecule has 17 heavy (non-hydrogen) atoms. The Bertz CT molecular complexity index is 389. The molecular formula is C14H22N2O. The van der Waals surface area contributed by atoms with Crippen LogP contribution in [0.2, 0.25) is 0 Å². The summed E-state index contributed by atoms with van der Waals surface area (Å²) in [6.07, 6.45) is 7.99. The lowest BCUT2D eigenvalue weighted by Gasteiger charge is -2.20. The number of hydrogen-bond acceptors (Lipinski definition) is 2. The Morgan fingerprint density at radius 3 is 2.71 bits per heavy atom. The summed E-state index contributed by atoms with van der Waals surface area (Å²) in [7, 11) is 1.87. The van der Waals surface area contributed by atoms with Crippen LogP contribution in [0.4, 0.5) is 0 Å². The summed E-state index contributed by atoms with van der Waals surface area (Å²) in [5, 5.41) is 4.34. The Hall–Kier alpha value is -1.12. The van der Waals surface area contributed by atoms with Crippen molar-refractivity contribution in [2.24, 2.45) is 13.0 Å². The minimum Gasteiger partial charge on any atom is -0.292 e. The molecule has 3 heteroatoms. The monoisotopic (exact) mass is 234 g/mol. The van der Waals surface area contributed by atoms with E-state index in [0.717, 1.165) is 17.8 Å². The molecule has 0 radical (unpaired) electrons. The van der Waals surface area contributed by atoms with Crippen LogP contribution in [0.25, 0.3) is 0 Å². The predicted octanol–water partition coefficient (Wildman–Crippen LogP) is 3.14. The molecule has 0 atom stereocenters. The van der Waals surface area contributed by atoms with Crippen molar-refractivity contribution in [1.29, 1.82) is 0 Å². The molecule has 0 saturated heterocycles.